The van der Waals surface area contributed by atoms with Gasteiger partial charge >= 0.3 is 0 Å². The molecule has 0 N–H and O–H groups in total. The first kappa shape index (κ1) is 24.9. The van der Waals surface area contributed by atoms with Gasteiger partial charge in [0.2, 0.25) is 0 Å². The van der Waals surface area contributed by atoms with Crippen LogP contribution in [-0.2, 0) is 4.74 Å². The molecule has 0 unspecified atom stereocenters. The summed E-state index contributed by atoms with van der Waals surface area (Å²) in [4.78, 5) is 11.9. The van der Waals surface area contributed by atoms with Crippen molar-refractivity contribution in [2.24, 2.45) is 0 Å². The molecule has 2 nitrogen and oxygen atoms in total. The number of unbranched alkanes of at least 4 members (excludes halogenated alkanes) is 15. The van der Waals surface area contributed by atoms with E-state index in [0.29, 0.717) is 6.61 Å². The van der Waals surface area contributed by atoms with E-state index >= 15 is 0 Å². The third-order valence-electron chi connectivity index (χ3n) is 5.47. The van der Waals surface area contributed by atoms with Crippen LogP contribution in [0.15, 0.2) is 30.3 Å². The first-order valence-electron chi connectivity index (χ1n) is 12.0. The van der Waals surface area contributed by atoms with Crippen LogP contribution in [0.3, 0.4) is 0 Å². The van der Waals surface area contributed by atoms with Crippen LogP contribution in [0, 0.1) is 0 Å². The third kappa shape index (κ3) is 14.9. The van der Waals surface area contributed by atoms with Crippen molar-refractivity contribution in [2.75, 3.05) is 13.2 Å². The summed E-state index contributed by atoms with van der Waals surface area (Å²) in [6, 6.07) is 9.40. The first-order valence-corrected chi connectivity index (χ1v) is 12.0. The summed E-state index contributed by atoms with van der Waals surface area (Å²) in [5.41, 5.74) is 0.745. The van der Waals surface area contributed by atoms with E-state index in [1.54, 1.807) is 0 Å². The van der Waals surface area contributed by atoms with E-state index in [2.05, 4.69) is 6.92 Å². The largest absolute Gasteiger partial charge is 0.373 e. The first-order chi connectivity index (χ1) is 13.8. The van der Waals surface area contributed by atoms with Crippen molar-refractivity contribution in [3.8, 4) is 0 Å². The van der Waals surface area contributed by atoms with Crippen molar-refractivity contribution in [1.29, 1.82) is 0 Å². The molecule has 1 aromatic carbocycles. The predicted octanol–water partition coefficient (Wildman–Crippen LogP) is 8.15. The van der Waals surface area contributed by atoms with Gasteiger partial charge in [-0.15, -0.1) is 0 Å². The van der Waals surface area contributed by atoms with Crippen LogP contribution in [0.1, 0.15) is 120 Å². The maximum atomic E-state index is 11.9. The van der Waals surface area contributed by atoms with Gasteiger partial charge in [-0.25, -0.2) is 0 Å². The molecule has 160 valence electrons. The summed E-state index contributed by atoms with van der Waals surface area (Å²) >= 11 is 0. The molecule has 0 fully saturated rings. The van der Waals surface area contributed by atoms with E-state index in [0.717, 1.165) is 12.0 Å². The molecule has 1 rings (SSSR count). The summed E-state index contributed by atoms with van der Waals surface area (Å²) in [6.45, 7) is 3.20. The van der Waals surface area contributed by atoms with Gasteiger partial charge in [0.25, 0.3) is 0 Å². The Morgan fingerprint density at radius 1 is 0.643 bits per heavy atom. The minimum atomic E-state index is 0.0806. The molecule has 0 bridgehead atoms. The quantitative estimate of drug-likeness (QED) is 0.166. The molecule has 0 heterocycles. The molecule has 0 aliphatic heterocycles. The molecular weight excluding hydrogens is 344 g/mol. The second kappa shape index (κ2) is 19.2. The summed E-state index contributed by atoms with van der Waals surface area (Å²) in [5, 5.41) is 0. The highest BCUT2D eigenvalue weighted by atomic mass is 16.5. The normalized spacial score (nSPS) is 11.0. The minimum absolute atomic E-state index is 0.0806. The molecular formula is C26H44O2. The molecule has 0 aliphatic rings. The van der Waals surface area contributed by atoms with E-state index in [4.69, 9.17) is 4.74 Å². The average Bonchev–Trinajstić information content (AvgIpc) is 2.73. The molecule has 0 saturated heterocycles. The zero-order valence-corrected chi connectivity index (χ0v) is 18.4. The molecule has 2 heteroatoms. The van der Waals surface area contributed by atoms with E-state index < -0.39 is 0 Å². The van der Waals surface area contributed by atoms with Crippen molar-refractivity contribution < 1.29 is 9.53 Å². The average molecular weight is 389 g/mol. The second-order valence-corrected chi connectivity index (χ2v) is 8.15. The lowest BCUT2D eigenvalue weighted by atomic mass is 10.0. The fourth-order valence-electron chi connectivity index (χ4n) is 3.62. The number of Topliss-reactive ketones (excluding diaryl/α,β-unsaturated/α-hetero) is 1. The van der Waals surface area contributed by atoms with E-state index in [1.807, 2.05) is 30.3 Å². The monoisotopic (exact) mass is 388 g/mol. The minimum Gasteiger partial charge on any atom is -0.373 e. The SMILES string of the molecule is CCCCCCCCCCCCCCCCCCOCC(=O)c1ccccc1. The van der Waals surface area contributed by atoms with Crippen molar-refractivity contribution in [3.63, 3.8) is 0 Å². The van der Waals surface area contributed by atoms with Gasteiger partial charge in [0.05, 0.1) is 0 Å². The Hall–Kier alpha value is -1.15. The zero-order chi connectivity index (χ0) is 20.1. The highest BCUT2D eigenvalue weighted by molar-refractivity contribution is 5.96. The highest BCUT2D eigenvalue weighted by Crippen LogP contribution is 2.13. The Labute approximate surface area is 174 Å². The van der Waals surface area contributed by atoms with Crippen molar-refractivity contribution >= 4 is 5.78 Å². The van der Waals surface area contributed by atoms with Crippen LogP contribution >= 0.6 is 0 Å². The summed E-state index contributed by atoms with van der Waals surface area (Å²) in [5.74, 6) is 0.0806. The van der Waals surface area contributed by atoms with Gasteiger partial charge in [-0.2, -0.15) is 0 Å². The maximum absolute atomic E-state index is 11.9. The van der Waals surface area contributed by atoms with Crippen molar-refractivity contribution in [2.45, 2.75) is 110 Å². The molecule has 0 amide bonds. The van der Waals surface area contributed by atoms with E-state index in [1.165, 1.54) is 96.3 Å². The summed E-state index contributed by atoms with van der Waals surface area (Å²) in [6.07, 6.45) is 22.0. The Morgan fingerprint density at radius 3 is 1.54 bits per heavy atom. The van der Waals surface area contributed by atoms with Crippen LogP contribution in [0.4, 0.5) is 0 Å². The van der Waals surface area contributed by atoms with Crippen LogP contribution in [0.5, 0.6) is 0 Å². The number of benzene rings is 1. The molecule has 0 aromatic heterocycles. The fraction of sp³-hybridized carbons (Fsp3) is 0.731. The smallest absolute Gasteiger partial charge is 0.188 e. The zero-order valence-electron chi connectivity index (χ0n) is 18.4. The number of rotatable bonds is 20. The van der Waals surface area contributed by atoms with E-state index in [-0.39, 0.29) is 12.4 Å². The van der Waals surface area contributed by atoms with Gasteiger partial charge in [0, 0.05) is 12.2 Å². The molecule has 0 spiro atoms. The molecule has 0 radical (unpaired) electrons. The van der Waals surface area contributed by atoms with Crippen molar-refractivity contribution in [1.82, 2.24) is 0 Å². The highest BCUT2D eigenvalue weighted by Gasteiger charge is 2.04. The van der Waals surface area contributed by atoms with Crippen LogP contribution < -0.4 is 0 Å². The Kier molecular flexibility index (Phi) is 17.0. The summed E-state index contributed by atoms with van der Waals surface area (Å²) < 4.78 is 5.52. The molecule has 28 heavy (non-hydrogen) atoms. The lowest BCUT2D eigenvalue weighted by molar-refractivity contribution is 0.0752. The lowest BCUT2D eigenvalue weighted by Gasteiger charge is -2.05. The molecule has 0 saturated carbocycles. The van der Waals surface area contributed by atoms with Gasteiger partial charge in [0.15, 0.2) is 5.78 Å². The topological polar surface area (TPSA) is 26.3 Å². The Bertz CT molecular complexity index is 455. The number of hydrogen-bond acceptors (Lipinski definition) is 2. The van der Waals surface area contributed by atoms with Gasteiger partial charge in [-0.3, -0.25) is 4.79 Å². The molecule has 0 aliphatic carbocycles. The number of carbonyl (C=O) groups excluding carboxylic acids is 1. The fourth-order valence-corrected chi connectivity index (χ4v) is 3.62. The van der Waals surface area contributed by atoms with Crippen molar-refractivity contribution in [3.05, 3.63) is 35.9 Å². The Morgan fingerprint density at radius 2 is 1.07 bits per heavy atom. The van der Waals surface area contributed by atoms with E-state index in [9.17, 15) is 4.79 Å². The van der Waals surface area contributed by atoms with Crippen LogP contribution in [0.25, 0.3) is 0 Å². The lowest BCUT2D eigenvalue weighted by Crippen LogP contribution is -2.09. The predicted molar refractivity (Wildman–Crippen MR) is 121 cm³/mol. The molecule has 1 aromatic rings. The second-order valence-electron chi connectivity index (χ2n) is 8.15. The van der Waals surface area contributed by atoms with Gasteiger partial charge in [-0.05, 0) is 6.42 Å². The third-order valence-corrected chi connectivity index (χ3v) is 5.47. The number of hydrogen-bond donors (Lipinski definition) is 0. The molecule has 0 atom stereocenters. The standard InChI is InChI=1S/C26H44O2/c1-2-3-4-5-6-7-8-9-10-11-12-13-14-15-16-20-23-28-24-26(27)25-21-18-17-19-22-25/h17-19,21-22H,2-16,20,23-24H2,1H3. The number of ether oxygens (including phenoxy) is 1. The van der Waals surface area contributed by atoms with Crippen LogP contribution in [-0.4, -0.2) is 19.0 Å². The van der Waals surface area contributed by atoms with Gasteiger partial charge in [0.1, 0.15) is 6.61 Å². The number of ketones is 1. The maximum Gasteiger partial charge on any atom is 0.188 e. The van der Waals surface area contributed by atoms with Gasteiger partial charge in [-0.1, -0.05) is 134 Å². The number of carbonyl (C=O) groups is 1. The summed E-state index contributed by atoms with van der Waals surface area (Å²) in [7, 11) is 0. The Balaban J connectivity index is 1.74. The van der Waals surface area contributed by atoms with Crippen LogP contribution in [0.2, 0.25) is 0 Å². The van der Waals surface area contributed by atoms with Gasteiger partial charge < -0.3 is 4.74 Å².